The molecule has 1 aromatic rings. The van der Waals surface area contributed by atoms with E-state index in [1.54, 1.807) is 6.07 Å². The molecule has 0 amide bonds. The summed E-state index contributed by atoms with van der Waals surface area (Å²) < 4.78 is 13.6. The zero-order chi connectivity index (χ0) is 12.3. The van der Waals surface area contributed by atoms with Crippen LogP contribution in [0.1, 0.15) is 37.3 Å². The topological polar surface area (TPSA) is 12.0 Å². The normalized spacial score (nSPS) is 17.1. The van der Waals surface area contributed by atoms with Crippen LogP contribution < -0.4 is 5.32 Å². The van der Waals surface area contributed by atoms with Crippen molar-refractivity contribution in [1.82, 2.24) is 5.32 Å². The summed E-state index contributed by atoms with van der Waals surface area (Å²) in [6.45, 7) is 5.17. The monoisotopic (exact) mass is 235 g/mol. The van der Waals surface area contributed by atoms with Crippen LogP contribution in [0.5, 0.6) is 0 Å². The fourth-order valence-electron chi connectivity index (χ4n) is 2.47. The molecular formula is C15H22FN. The van der Waals surface area contributed by atoms with Crippen molar-refractivity contribution in [1.29, 1.82) is 0 Å². The lowest BCUT2D eigenvalue weighted by Crippen LogP contribution is -2.31. The van der Waals surface area contributed by atoms with Crippen molar-refractivity contribution in [3.63, 3.8) is 0 Å². The van der Waals surface area contributed by atoms with Gasteiger partial charge in [-0.2, -0.15) is 0 Å². The highest BCUT2D eigenvalue weighted by Crippen LogP contribution is 2.34. The van der Waals surface area contributed by atoms with E-state index < -0.39 is 0 Å². The zero-order valence-corrected chi connectivity index (χ0v) is 10.8. The lowest BCUT2D eigenvalue weighted by Gasteiger charge is -2.17. The highest BCUT2D eigenvalue weighted by Gasteiger charge is 2.30. The average Bonchev–Trinajstić information content (AvgIpc) is 3.12. The van der Waals surface area contributed by atoms with E-state index in [4.69, 9.17) is 0 Å². The van der Waals surface area contributed by atoms with Crippen LogP contribution in [0.15, 0.2) is 18.2 Å². The molecule has 0 aliphatic heterocycles. The number of hydrogen-bond acceptors (Lipinski definition) is 1. The fourth-order valence-corrected chi connectivity index (χ4v) is 2.47. The molecular weight excluding hydrogens is 213 g/mol. The molecule has 0 spiro atoms. The molecule has 17 heavy (non-hydrogen) atoms. The third kappa shape index (κ3) is 3.53. The van der Waals surface area contributed by atoms with Crippen LogP contribution in [-0.2, 0) is 6.42 Å². The Morgan fingerprint density at radius 2 is 2.18 bits per heavy atom. The van der Waals surface area contributed by atoms with Gasteiger partial charge in [0.05, 0.1) is 0 Å². The molecule has 0 radical (unpaired) electrons. The van der Waals surface area contributed by atoms with Gasteiger partial charge in [0.25, 0.3) is 0 Å². The minimum atomic E-state index is -0.0540. The molecule has 1 aliphatic carbocycles. The lowest BCUT2D eigenvalue weighted by molar-refractivity contribution is 0.442. The standard InChI is InChI=1S/C15H22FN/c1-3-17-15(12-5-6-12)9-7-13-10-11(2)4-8-14(13)16/h4,8,10,12,15,17H,3,5-7,9H2,1-2H3. The summed E-state index contributed by atoms with van der Waals surface area (Å²) in [7, 11) is 0. The molecule has 1 saturated carbocycles. The summed E-state index contributed by atoms with van der Waals surface area (Å²) in [6, 6.07) is 5.98. The molecule has 0 bridgehead atoms. The van der Waals surface area contributed by atoms with Crippen molar-refractivity contribution >= 4 is 0 Å². The molecule has 94 valence electrons. The van der Waals surface area contributed by atoms with Crippen LogP contribution in [0, 0.1) is 18.7 Å². The van der Waals surface area contributed by atoms with Gasteiger partial charge in [0, 0.05) is 6.04 Å². The smallest absolute Gasteiger partial charge is 0.126 e. The Balaban J connectivity index is 1.93. The molecule has 2 rings (SSSR count). The second kappa shape index (κ2) is 5.63. The van der Waals surface area contributed by atoms with Gasteiger partial charge in [0.15, 0.2) is 0 Å². The van der Waals surface area contributed by atoms with E-state index in [2.05, 4.69) is 12.2 Å². The summed E-state index contributed by atoms with van der Waals surface area (Å²) in [5.41, 5.74) is 2.02. The second-order valence-corrected chi connectivity index (χ2v) is 5.14. The van der Waals surface area contributed by atoms with Crippen LogP contribution in [0.3, 0.4) is 0 Å². The highest BCUT2D eigenvalue weighted by atomic mass is 19.1. The molecule has 1 aromatic carbocycles. The maximum atomic E-state index is 13.6. The van der Waals surface area contributed by atoms with Crippen LogP contribution >= 0.6 is 0 Å². The molecule has 1 fully saturated rings. The van der Waals surface area contributed by atoms with Gasteiger partial charge in [-0.1, -0.05) is 24.6 Å². The van der Waals surface area contributed by atoms with Gasteiger partial charge in [-0.15, -0.1) is 0 Å². The predicted octanol–water partition coefficient (Wildman–Crippen LogP) is 3.45. The summed E-state index contributed by atoms with van der Waals surface area (Å²) in [6.07, 6.45) is 4.59. The fraction of sp³-hybridized carbons (Fsp3) is 0.600. The zero-order valence-electron chi connectivity index (χ0n) is 10.8. The van der Waals surface area contributed by atoms with Crippen LogP contribution in [0.4, 0.5) is 4.39 Å². The van der Waals surface area contributed by atoms with Crippen molar-refractivity contribution in [3.8, 4) is 0 Å². The molecule has 1 nitrogen and oxygen atoms in total. The number of nitrogens with one attached hydrogen (secondary N) is 1. The molecule has 0 heterocycles. The highest BCUT2D eigenvalue weighted by molar-refractivity contribution is 5.24. The van der Waals surface area contributed by atoms with E-state index in [9.17, 15) is 4.39 Å². The van der Waals surface area contributed by atoms with Gasteiger partial charge in [0.2, 0.25) is 0 Å². The molecule has 1 N–H and O–H groups in total. The maximum absolute atomic E-state index is 13.6. The Morgan fingerprint density at radius 1 is 1.41 bits per heavy atom. The van der Waals surface area contributed by atoms with Crippen molar-refractivity contribution in [2.45, 2.75) is 45.6 Å². The largest absolute Gasteiger partial charge is 0.314 e. The number of benzene rings is 1. The first kappa shape index (κ1) is 12.6. The van der Waals surface area contributed by atoms with Gasteiger partial charge in [0.1, 0.15) is 5.82 Å². The van der Waals surface area contributed by atoms with Crippen LogP contribution in [0.2, 0.25) is 0 Å². The van der Waals surface area contributed by atoms with Gasteiger partial charge in [-0.05, 0) is 56.7 Å². The minimum Gasteiger partial charge on any atom is -0.314 e. The summed E-state index contributed by atoms with van der Waals surface area (Å²) in [4.78, 5) is 0. The molecule has 2 heteroatoms. The Hall–Kier alpha value is -0.890. The number of aryl methyl sites for hydroxylation is 2. The molecule has 1 unspecified atom stereocenters. The van der Waals surface area contributed by atoms with E-state index in [0.717, 1.165) is 36.4 Å². The first-order chi connectivity index (χ1) is 8.20. The third-order valence-corrected chi connectivity index (χ3v) is 3.58. The Morgan fingerprint density at radius 3 is 2.82 bits per heavy atom. The minimum absolute atomic E-state index is 0.0540. The first-order valence-electron chi connectivity index (χ1n) is 6.69. The van der Waals surface area contributed by atoms with Gasteiger partial charge >= 0.3 is 0 Å². The van der Waals surface area contributed by atoms with Crippen molar-refractivity contribution in [2.24, 2.45) is 5.92 Å². The number of rotatable bonds is 6. The number of halogens is 1. The van der Waals surface area contributed by atoms with E-state index in [0.29, 0.717) is 6.04 Å². The summed E-state index contributed by atoms with van der Waals surface area (Å²) >= 11 is 0. The maximum Gasteiger partial charge on any atom is 0.126 e. The van der Waals surface area contributed by atoms with Crippen molar-refractivity contribution < 1.29 is 4.39 Å². The van der Waals surface area contributed by atoms with E-state index in [1.165, 1.54) is 12.8 Å². The van der Waals surface area contributed by atoms with E-state index in [-0.39, 0.29) is 5.82 Å². The van der Waals surface area contributed by atoms with E-state index in [1.807, 2.05) is 19.1 Å². The molecule has 1 atom stereocenters. The summed E-state index contributed by atoms with van der Waals surface area (Å²) in [5, 5.41) is 3.53. The SMILES string of the molecule is CCNC(CCc1cc(C)ccc1F)C1CC1. The lowest BCUT2D eigenvalue weighted by atomic mass is 10.0. The second-order valence-electron chi connectivity index (χ2n) is 5.14. The number of hydrogen-bond donors (Lipinski definition) is 1. The summed E-state index contributed by atoms with van der Waals surface area (Å²) in [5.74, 6) is 0.782. The van der Waals surface area contributed by atoms with Crippen LogP contribution in [-0.4, -0.2) is 12.6 Å². The Kier molecular flexibility index (Phi) is 4.16. The van der Waals surface area contributed by atoms with E-state index >= 15 is 0 Å². The Bertz CT molecular complexity index is 371. The van der Waals surface area contributed by atoms with Crippen LogP contribution in [0.25, 0.3) is 0 Å². The van der Waals surface area contributed by atoms with Crippen molar-refractivity contribution in [3.05, 3.63) is 35.1 Å². The van der Waals surface area contributed by atoms with Gasteiger partial charge in [-0.25, -0.2) is 4.39 Å². The third-order valence-electron chi connectivity index (χ3n) is 3.58. The molecule has 0 saturated heterocycles. The van der Waals surface area contributed by atoms with Crippen molar-refractivity contribution in [2.75, 3.05) is 6.54 Å². The average molecular weight is 235 g/mol. The van der Waals surface area contributed by atoms with Gasteiger partial charge in [-0.3, -0.25) is 0 Å². The quantitative estimate of drug-likeness (QED) is 0.796. The molecule has 1 aliphatic rings. The van der Waals surface area contributed by atoms with Gasteiger partial charge < -0.3 is 5.32 Å². The first-order valence-corrected chi connectivity index (χ1v) is 6.69. The predicted molar refractivity (Wildman–Crippen MR) is 69.6 cm³/mol. The molecule has 0 aromatic heterocycles. The Labute approximate surface area is 103 Å².